The van der Waals surface area contributed by atoms with Crippen molar-refractivity contribution in [2.75, 3.05) is 38.1 Å². The Morgan fingerprint density at radius 1 is 1.06 bits per heavy atom. The van der Waals surface area contributed by atoms with Crippen LogP contribution in [0.4, 0.5) is 5.69 Å². The van der Waals surface area contributed by atoms with E-state index in [1.54, 1.807) is 0 Å². The summed E-state index contributed by atoms with van der Waals surface area (Å²) < 4.78 is 5.61. The molecule has 0 atom stereocenters. The standard InChI is InChI=1S/C15H24N2O/c1-13(2)18-12-14-4-6-15(7-5-14)17-10-8-16(3)9-11-17/h4-7,13H,8-12H2,1-3H3. The Bertz CT molecular complexity index is 353. The van der Waals surface area contributed by atoms with Crippen LogP contribution in [0.2, 0.25) is 0 Å². The van der Waals surface area contributed by atoms with Crippen molar-refractivity contribution in [2.45, 2.75) is 26.6 Å². The Hall–Kier alpha value is -1.06. The second-order valence-electron chi connectivity index (χ2n) is 5.32. The first-order chi connectivity index (χ1) is 8.65. The summed E-state index contributed by atoms with van der Waals surface area (Å²) in [5, 5.41) is 0. The van der Waals surface area contributed by atoms with Crippen LogP contribution in [0.3, 0.4) is 0 Å². The van der Waals surface area contributed by atoms with Crippen molar-refractivity contribution in [1.29, 1.82) is 0 Å². The molecule has 1 aromatic rings. The van der Waals surface area contributed by atoms with E-state index in [4.69, 9.17) is 4.74 Å². The maximum absolute atomic E-state index is 5.61. The lowest BCUT2D eigenvalue weighted by Gasteiger charge is -2.34. The van der Waals surface area contributed by atoms with Gasteiger partial charge in [-0.15, -0.1) is 0 Å². The van der Waals surface area contributed by atoms with Crippen molar-refractivity contribution in [2.24, 2.45) is 0 Å². The minimum absolute atomic E-state index is 0.294. The van der Waals surface area contributed by atoms with Gasteiger partial charge in [0.05, 0.1) is 12.7 Å². The van der Waals surface area contributed by atoms with Crippen LogP contribution in [-0.2, 0) is 11.3 Å². The van der Waals surface area contributed by atoms with Gasteiger partial charge in [0, 0.05) is 31.9 Å². The summed E-state index contributed by atoms with van der Waals surface area (Å²) in [6.07, 6.45) is 0.294. The van der Waals surface area contributed by atoms with Crippen LogP contribution >= 0.6 is 0 Å². The zero-order valence-corrected chi connectivity index (χ0v) is 11.7. The number of anilines is 1. The minimum atomic E-state index is 0.294. The van der Waals surface area contributed by atoms with Crippen molar-refractivity contribution in [3.8, 4) is 0 Å². The summed E-state index contributed by atoms with van der Waals surface area (Å²) in [5.41, 5.74) is 2.58. The van der Waals surface area contributed by atoms with E-state index in [0.29, 0.717) is 12.7 Å². The predicted molar refractivity (Wildman–Crippen MR) is 76.1 cm³/mol. The van der Waals surface area contributed by atoms with Crippen LogP contribution in [-0.4, -0.2) is 44.2 Å². The molecule has 0 amide bonds. The second kappa shape index (κ2) is 6.21. The van der Waals surface area contributed by atoms with E-state index in [1.165, 1.54) is 11.3 Å². The largest absolute Gasteiger partial charge is 0.374 e. The Kier molecular flexibility index (Phi) is 4.61. The van der Waals surface area contributed by atoms with E-state index in [0.717, 1.165) is 26.2 Å². The van der Waals surface area contributed by atoms with Gasteiger partial charge in [-0.3, -0.25) is 0 Å². The molecule has 0 N–H and O–H groups in total. The average Bonchev–Trinajstić information content (AvgIpc) is 2.38. The van der Waals surface area contributed by atoms with Gasteiger partial charge < -0.3 is 14.5 Å². The van der Waals surface area contributed by atoms with Crippen molar-refractivity contribution in [1.82, 2.24) is 4.90 Å². The number of piperazine rings is 1. The Labute approximate surface area is 110 Å². The Balaban J connectivity index is 1.91. The summed E-state index contributed by atoms with van der Waals surface area (Å²) in [5.74, 6) is 0. The Morgan fingerprint density at radius 2 is 1.67 bits per heavy atom. The lowest BCUT2D eigenvalue weighted by Crippen LogP contribution is -2.44. The summed E-state index contributed by atoms with van der Waals surface area (Å²) >= 11 is 0. The highest BCUT2D eigenvalue weighted by atomic mass is 16.5. The van der Waals surface area contributed by atoms with E-state index in [1.807, 2.05) is 0 Å². The first-order valence-electron chi connectivity index (χ1n) is 6.79. The lowest BCUT2D eigenvalue weighted by molar-refractivity contribution is 0.0657. The number of likely N-dealkylation sites (N-methyl/N-ethyl adjacent to an activating group) is 1. The molecule has 0 saturated carbocycles. The maximum Gasteiger partial charge on any atom is 0.0720 e. The molecule has 18 heavy (non-hydrogen) atoms. The van der Waals surface area contributed by atoms with Crippen molar-refractivity contribution in [3.63, 3.8) is 0 Å². The third kappa shape index (κ3) is 3.72. The molecule has 0 aliphatic carbocycles. The molecule has 0 unspecified atom stereocenters. The monoisotopic (exact) mass is 248 g/mol. The van der Waals surface area contributed by atoms with Gasteiger partial charge >= 0.3 is 0 Å². The number of hydrogen-bond acceptors (Lipinski definition) is 3. The molecule has 1 heterocycles. The molecule has 1 aliphatic rings. The van der Waals surface area contributed by atoms with Crippen molar-refractivity contribution >= 4 is 5.69 Å². The van der Waals surface area contributed by atoms with Crippen LogP contribution < -0.4 is 4.90 Å². The quantitative estimate of drug-likeness (QED) is 0.813. The number of ether oxygens (including phenoxy) is 1. The Morgan fingerprint density at radius 3 is 2.22 bits per heavy atom. The zero-order valence-electron chi connectivity index (χ0n) is 11.7. The number of rotatable bonds is 4. The van der Waals surface area contributed by atoms with Gasteiger partial charge in [-0.25, -0.2) is 0 Å². The van der Waals surface area contributed by atoms with E-state index in [2.05, 4.69) is 55.0 Å². The fraction of sp³-hybridized carbons (Fsp3) is 0.600. The SMILES string of the molecule is CC(C)OCc1ccc(N2CCN(C)CC2)cc1. The fourth-order valence-electron chi connectivity index (χ4n) is 2.13. The van der Waals surface area contributed by atoms with E-state index in [9.17, 15) is 0 Å². The summed E-state index contributed by atoms with van der Waals surface area (Å²) in [6, 6.07) is 8.78. The highest BCUT2D eigenvalue weighted by Crippen LogP contribution is 2.17. The molecule has 0 aromatic heterocycles. The van der Waals surface area contributed by atoms with Crippen molar-refractivity contribution in [3.05, 3.63) is 29.8 Å². The number of hydrogen-bond donors (Lipinski definition) is 0. The van der Waals surface area contributed by atoms with E-state index >= 15 is 0 Å². The molecule has 0 spiro atoms. The molecule has 0 radical (unpaired) electrons. The van der Waals surface area contributed by atoms with Gasteiger partial charge in [-0.05, 0) is 38.6 Å². The third-order valence-electron chi connectivity index (χ3n) is 3.39. The van der Waals surface area contributed by atoms with Gasteiger partial charge in [-0.1, -0.05) is 12.1 Å². The minimum Gasteiger partial charge on any atom is -0.374 e. The average molecular weight is 248 g/mol. The van der Waals surface area contributed by atoms with Gasteiger partial charge in [0.15, 0.2) is 0 Å². The smallest absolute Gasteiger partial charge is 0.0720 e. The molecule has 1 aliphatic heterocycles. The topological polar surface area (TPSA) is 15.7 Å². The highest BCUT2D eigenvalue weighted by Gasteiger charge is 2.13. The molecule has 0 bridgehead atoms. The van der Waals surface area contributed by atoms with E-state index in [-0.39, 0.29) is 0 Å². The van der Waals surface area contributed by atoms with Gasteiger partial charge in [-0.2, -0.15) is 0 Å². The fourth-order valence-corrected chi connectivity index (χ4v) is 2.13. The highest BCUT2D eigenvalue weighted by molar-refractivity contribution is 5.48. The normalized spacial score (nSPS) is 17.4. The molecule has 2 rings (SSSR count). The van der Waals surface area contributed by atoms with Gasteiger partial charge in [0.2, 0.25) is 0 Å². The van der Waals surface area contributed by atoms with E-state index < -0.39 is 0 Å². The zero-order chi connectivity index (χ0) is 13.0. The van der Waals surface area contributed by atoms with Crippen LogP contribution in [0, 0.1) is 0 Å². The number of benzene rings is 1. The lowest BCUT2D eigenvalue weighted by atomic mass is 10.2. The first-order valence-corrected chi connectivity index (χ1v) is 6.79. The molecule has 1 saturated heterocycles. The third-order valence-corrected chi connectivity index (χ3v) is 3.39. The summed E-state index contributed by atoms with van der Waals surface area (Å²) in [4.78, 5) is 4.83. The molecule has 1 aromatic carbocycles. The van der Waals surface area contributed by atoms with Gasteiger partial charge in [0.25, 0.3) is 0 Å². The van der Waals surface area contributed by atoms with Gasteiger partial charge in [0.1, 0.15) is 0 Å². The molecule has 3 heteroatoms. The summed E-state index contributed by atoms with van der Waals surface area (Å²) in [6.45, 7) is 9.39. The second-order valence-corrected chi connectivity index (χ2v) is 5.32. The van der Waals surface area contributed by atoms with Crippen molar-refractivity contribution < 1.29 is 4.74 Å². The predicted octanol–water partition coefficient (Wildman–Crippen LogP) is 2.36. The molecule has 3 nitrogen and oxygen atoms in total. The maximum atomic E-state index is 5.61. The molecular weight excluding hydrogens is 224 g/mol. The van der Waals surface area contributed by atoms with Crippen LogP contribution in [0.15, 0.2) is 24.3 Å². The van der Waals surface area contributed by atoms with Crippen LogP contribution in [0.1, 0.15) is 19.4 Å². The molecular formula is C15H24N2O. The first kappa shape index (κ1) is 13.4. The molecule has 1 fully saturated rings. The molecule has 100 valence electrons. The van der Waals surface area contributed by atoms with Crippen LogP contribution in [0.5, 0.6) is 0 Å². The number of nitrogens with zero attached hydrogens (tertiary/aromatic N) is 2. The summed E-state index contributed by atoms with van der Waals surface area (Å²) in [7, 11) is 2.18. The van der Waals surface area contributed by atoms with Crippen LogP contribution in [0.25, 0.3) is 0 Å².